The summed E-state index contributed by atoms with van der Waals surface area (Å²) >= 11 is 0. The van der Waals surface area contributed by atoms with Crippen molar-refractivity contribution in [2.45, 2.75) is 37.6 Å². The first kappa shape index (κ1) is 27.7. The van der Waals surface area contributed by atoms with Gasteiger partial charge >= 0.3 is 12.1 Å². The van der Waals surface area contributed by atoms with Crippen molar-refractivity contribution in [2.24, 2.45) is 5.41 Å². The number of nitrogens with one attached hydrogen (secondary N) is 1. The second kappa shape index (κ2) is 10.8. The Labute approximate surface area is 239 Å². The molecule has 2 aliphatic heterocycles. The highest BCUT2D eigenvalue weighted by Crippen LogP contribution is 2.41. The number of aliphatic carboxylic acids is 1. The maximum absolute atomic E-state index is 14.2. The number of halogens is 3. The summed E-state index contributed by atoms with van der Waals surface area (Å²) in [5.74, 6) is -0.965. The molecule has 6 rings (SSSR count). The quantitative estimate of drug-likeness (QED) is 0.290. The van der Waals surface area contributed by atoms with Crippen molar-refractivity contribution in [3.8, 4) is 17.0 Å². The number of fused-ring (bicyclic) bond motifs is 1. The molecule has 2 aromatic carbocycles. The van der Waals surface area contributed by atoms with Crippen molar-refractivity contribution in [2.75, 3.05) is 30.3 Å². The highest BCUT2D eigenvalue weighted by molar-refractivity contribution is 5.84. The van der Waals surface area contributed by atoms with Gasteiger partial charge in [0.05, 0.1) is 5.52 Å². The molecule has 218 valence electrons. The van der Waals surface area contributed by atoms with E-state index in [1.165, 1.54) is 18.2 Å². The van der Waals surface area contributed by atoms with Crippen LogP contribution in [0.3, 0.4) is 0 Å². The standard InChI is InChI=1S/C30H29F3N6O3/c31-30(32,33)26(19-5-3-18(4-6-19)20-7-8-22-21(14-20)2-1-11-35-22)42-25-15-24(37-28(34)38-25)39-12-9-29(10-13-39)16-23(27(40)41)36-17-29/h1-8,11,14-15,23,26,36H,9-10,12-13,16-17H2,(H,40,41)(H2,34,37,38). The van der Waals surface area contributed by atoms with E-state index in [0.717, 1.165) is 34.9 Å². The largest absolute Gasteiger partial charge is 0.480 e. The summed E-state index contributed by atoms with van der Waals surface area (Å²) < 4.78 is 48.2. The smallest absolute Gasteiger partial charge is 0.429 e. The lowest BCUT2D eigenvalue weighted by molar-refractivity contribution is -0.198. The molecule has 4 aromatic rings. The number of piperidine rings is 1. The number of carboxylic acid groups (broad SMARTS) is 1. The first-order valence-electron chi connectivity index (χ1n) is 13.6. The fourth-order valence-electron chi connectivity index (χ4n) is 5.89. The van der Waals surface area contributed by atoms with Crippen molar-refractivity contribution in [1.29, 1.82) is 0 Å². The zero-order valence-electron chi connectivity index (χ0n) is 22.5. The lowest BCUT2D eigenvalue weighted by atomic mass is 9.76. The van der Waals surface area contributed by atoms with Gasteiger partial charge in [0.1, 0.15) is 11.9 Å². The first-order valence-corrected chi connectivity index (χ1v) is 13.6. The zero-order valence-corrected chi connectivity index (χ0v) is 22.5. The number of nitrogen functional groups attached to an aromatic ring is 1. The Morgan fingerprint density at radius 3 is 2.50 bits per heavy atom. The van der Waals surface area contributed by atoms with Gasteiger partial charge in [-0.15, -0.1) is 0 Å². The minimum absolute atomic E-state index is 0.0749. The Morgan fingerprint density at radius 2 is 1.81 bits per heavy atom. The normalized spacial score (nSPS) is 19.2. The van der Waals surface area contributed by atoms with Gasteiger partial charge in [0, 0.05) is 42.8 Å². The van der Waals surface area contributed by atoms with E-state index in [0.29, 0.717) is 31.9 Å². The van der Waals surface area contributed by atoms with E-state index in [4.69, 9.17) is 10.5 Å². The third kappa shape index (κ3) is 5.67. The number of ether oxygens (including phenoxy) is 1. The highest BCUT2D eigenvalue weighted by atomic mass is 19.4. The summed E-state index contributed by atoms with van der Waals surface area (Å²) in [4.78, 5) is 25.8. The average Bonchev–Trinajstić information content (AvgIpc) is 3.39. The molecule has 2 atom stereocenters. The van der Waals surface area contributed by atoms with Gasteiger partial charge in [-0.3, -0.25) is 9.78 Å². The Bertz CT molecular complexity index is 1610. The number of carboxylic acids is 1. The SMILES string of the molecule is Nc1nc(OC(c2ccc(-c3ccc4ncccc4c3)cc2)C(F)(F)F)cc(N2CCC3(CC2)CNC(C(=O)O)C3)n1. The van der Waals surface area contributed by atoms with Gasteiger partial charge in [-0.05, 0) is 54.0 Å². The van der Waals surface area contributed by atoms with Crippen LogP contribution in [0.25, 0.3) is 22.0 Å². The van der Waals surface area contributed by atoms with Gasteiger partial charge in [-0.1, -0.05) is 36.4 Å². The molecule has 4 N–H and O–H groups in total. The number of benzene rings is 2. The maximum atomic E-state index is 14.2. The zero-order chi connectivity index (χ0) is 29.5. The van der Waals surface area contributed by atoms with Gasteiger partial charge in [-0.2, -0.15) is 23.1 Å². The number of rotatable bonds is 6. The van der Waals surface area contributed by atoms with Crippen LogP contribution in [-0.2, 0) is 4.79 Å². The van der Waals surface area contributed by atoms with Crippen molar-refractivity contribution >= 4 is 28.6 Å². The predicted molar refractivity (Wildman–Crippen MR) is 151 cm³/mol. The molecule has 2 unspecified atom stereocenters. The average molecular weight is 579 g/mol. The molecule has 0 bridgehead atoms. The number of aromatic nitrogens is 3. The fourth-order valence-corrected chi connectivity index (χ4v) is 5.89. The van der Waals surface area contributed by atoms with Gasteiger partial charge in [0.25, 0.3) is 0 Å². The Kier molecular flexibility index (Phi) is 7.09. The van der Waals surface area contributed by atoms with E-state index in [-0.39, 0.29) is 22.8 Å². The van der Waals surface area contributed by atoms with E-state index in [1.807, 2.05) is 35.2 Å². The lowest BCUT2D eigenvalue weighted by Crippen LogP contribution is -2.41. The van der Waals surface area contributed by atoms with Crippen molar-refractivity contribution in [1.82, 2.24) is 20.3 Å². The van der Waals surface area contributed by atoms with Crippen LogP contribution in [0.2, 0.25) is 0 Å². The van der Waals surface area contributed by atoms with Crippen LogP contribution in [0.15, 0.2) is 66.9 Å². The molecular weight excluding hydrogens is 549 g/mol. The van der Waals surface area contributed by atoms with Crippen LogP contribution in [-0.4, -0.2) is 57.9 Å². The van der Waals surface area contributed by atoms with Gasteiger partial charge in [0.2, 0.25) is 17.9 Å². The number of nitrogens with zero attached hydrogens (tertiary/aromatic N) is 4. The molecular formula is C30H29F3N6O3. The minimum atomic E-state index is -4.72. The van der Waals surface area contributed by atoms with E-state index >= 15 is 0 Å². The topological polar surface area (TPSA) is 126 Å². The van der Waals surface area contributed by atoms with Crippen LogP contribution >= 0.6 is 0 Å². The molecule has 1 spiro atoms. The van der Waals surface area contributed by atoms with Crippen molar-refractivity contribution in [3.63, 3.8) is 0 Å². The Balaban J connectivity index is 1.19. The molecule has 0 aliphatic carbocycles. The monoisotopic (exact) mass is 578 g/mol. The minimum Gasteiger partial charge on any atom is -0.480 e. The molecule has 4 heterocycles. The molecule has 2 saturated heterocycles. The third-order valence-corrected chi connectivity index (χ3v) is 8.20. The number of nitrogens with two attached hydrogens (primary N) is 1. The van der Waals surface area contributed by atoms with E-state index in [1.54, 1.807) is 18.3 Å². The summed E-state index contributed by atoms with van der Waals surface area (Å²) in [6, 6.07) is 16.3. The van der Waals surface area contributed by atoms with Crippen LogP contribution < -0.4 is 20.7 Å². The van der Waals surface area contributed by atoms with Crippen LogP contribution in [0.4, 0.5) is 24.9 Å². The van der Waals surface area contributed by atoms with Crippen molar-refractivity contribution in [3.05, 3.63) is 72.4 Å². The number of anilines is 2. The number of pyridine rings is 1. The number of carbonyl (C=O) groups is 1. The summed E-state index contributed by atoms with van der Waals surface area (Å²) in [5, 5.41) is 13.3. The fraction of sp³-hybridized carbons (Fsp3) is 0.333. The molecule has 2 aliphatic rings. The van der Waals surface area contributed by atoms with Crippen LogP contribution in [0.5, 0.6) is 5.88 Å². The summed E-state index contributed by atoms with van der Waals surface area (Å²) in [6.07, 6.45) is -3.30. The molecule has 0 radical (unpaired) electrons. The molecule has 2 aromatic heterocycles. The molecule has 2 fully saturated rings. The molecule has 0 amide bonds. The van der Waals surface area contributed by atoms with Gasteiger partial charge in [-0.25, -0.2) is 0 Å². The van der Waals surface area contributed by atoms with E-state index < -0.39 is 24.3 Å². The molecule has 42 heavy (non-hydrogen) atoms. The molecule has 9 nitrogen and oxygen atoms in total. The second-order valence-corrected chi connectivity index (χ2v) is 11.0. The second-order valence-electron chi connectivity index (χ2n) is 11.0. The Hall–Kier alpha value is -4.45. The third-order valence-electron chi connectivity index (χ3n) is 8.20. The Morgan fingerprint density at radius 1 is 1.07 bits per heavy atom. The number of alkyl halides is 3. The predicted octanol–water partition coefficient (Wildman–Crippen LogP) is 4.99. The van der Waals surface area contributed by atoms with Crippen LogP contribution in [0, 0.1) is 5.41 Å². The molecule has 0 saturated carbocycles. The van der Waals surface area contributed by atoms with Gasteiger partial charge < -0.3 is 25.8 Å². The van der Waals surface area contributed by atoms with E-state index in [2.05, 4.69) is 20.3 Å². The van der Waals surface area contributed by atoms with Gasteiger partial charge in [0.15, 0.2) is 0 Å². The lowest BCUT2D eigenvalue weighted by Gasteiger charge is -2.39. The number of hydrogen-bond donors (Lipinski definition) is 3. The van der Waals surface area contributed by atoms with Crippen LogP contribution in [0.1, 0.15) is 30.9 Å². The van der Waals surface area contributed by atoms with E-state index in [9.17, 15) is 23.1 Å². The summed E-state index contributed by atoms with van der Waals surface area (Å²) in [5.41, 5.74) is 8.13. The number of hydrogen-bond acceptors (Lipinski definition) is 8. The maximum Gasteiger partial charge on any atom is 0.429 e. The highest BCUT2D eigenvalue weighted by Gasteiger charge is 2.45. The van der Waals surface area contributed by atoms with Crippen molar-refractivity contribution < 1.29 is 27.8 Å². The summed E-state index contributed by atoms with van der Waals surface area (Å²) in [7, 11) is 0. The molecule has 12 heteroatoms. The first-order chi connectivity index (χ1) is 20.1. The summed E-state index contributed by atoms with van der Waals surface area (Å²) in [6.45, 7) is 1.72.